The summed E-state index contributed by atoms with van der Waals surface area (Å²) < 4.78 is 0. The average Bonchev–Trinajstić information content (AvgIpc) is 2.23. The first kappa shape index (κ1) is 8.69. The van der Waals surface area contributed by atoms with Gasteiger partial charge >= 0.3 is 0 Å². The van der Waals surface area contributed by atoms with Gasteiger partial charge in [0.1, 0.15) is 0 Å². The number of benzene rings is 2. The van der Waals surface area contributed by atoms with Crippen molar-refractivity contribution in [3.05, 3.63) is 30.3 Å². The molecule has 0 spiro atoms. The van der Waals surface area contributed by atoms with Gasteiger partial charge in [0.2, 0.25) is 0 Å². The number of hydrogen-bond donors (Lipinski definition) is 3. The Morgan fingerprint density at radius 3 is 2.50 bits per heavy atom. The molecule has 2 rings (SSSR count). The molecule has 0 aliphatic rings. The predicted molar refractivity (Wildman–Crippen MR) is 56.8 cm³/mol. The highest BCUT2D eigenvalue weighted by molar-refractivity contribution is 5.94. The van der Waals surface area contributed by atoms with Gasteiger partial charge < -0.3 is 15.5 Å². The molecule has 0 bridgehead atoms. The largest absolute Gasteiger partial charge is 0.504 e. The van der Waals surface area contributed by atoms with Crippen LogP contribution in [0.3, 0.4) is 0 Å². The minimum absolute atomic E-state index is 0.0764. The third-order valence-corrected chi connectivity index (χ3v) is 2.26. The van der Waals surface area contributed by atoms with Gasteiger partial charge in [-0.05, 0) is 11.5 Å². The number of phenols is 2. The van der Waals surface area contributed by atoms with E-state index >= 15 is 0 Å². The van der Waals surface area contributed by atoms with E-state index in [0.29, 0.717) is 11.1 Å². The number of rotatable bonds is 1. The zero-order chi connectivity index (χ0) is 10.1. The summed E-state index contributed by atoms with van der Waals surface area (Å²) in [4.78, 5) is 0. The number of hydrogen-bond acceptors (Lipinski definition) is 3. The quantitative estimate of drug-likeness (QED) is 0.603. The van der Waals surface area contributed by atoms with Gasteiger partial charge in [-0.3, -0.25) is 0 Å². The van der Waals surface area contributed by atoms with E-state index in [1.54, 1.807) is 19.2 Å². The van der Waals surface area contributed by atoms with Crippen LogP contribution in [0.2, 0.25) is 0 Å². The molecule has 0 fully saturated rings. The standard InChI is InChI=1S/C11H11NO2/c1-12-9-6-7-4-2-3-5-8(7)10(13)11(9)14/h2-6,12-14H,1H3. The number of anilines is 1. The first-order valence-electron chi connectivity index (χ1n) is 4.35. The maximum atomic E-state index is 9.68. The van der Waals surface area contributed by atoms with Crippen molar-refractivity contribution < 1.29 is 10.2 Å². The molecule has 2 aromatic carbocycles. The summed E-state index contributed by atoms with van der Waals surface area (Å²) in [6, 6.07) is 9.16. The Morgan fingerprint density at radius 2 is 1.79 bits per heavy atom. The second kappa shape index (κ2) is 3.10. The Bertz CT molecular complexity index is 480. The molecule has 0 aliphatic heterocycles. The van der Waals surface area contributed by atoms with Crippen LogP contribution in [0, 0.1) is 0 Å². The first-order valence-corrected chi connectivity index (χ1v) is 4.35. The lowest BCUT2D eigenvalue weighted by molar-refractivity contribution is 0.410. The van der Waals surface area contributed by atoms with Crippen molar-refractivity contribution in [3.8, 4) is 11.5 Å². The SMILES string of the molecule is CNc1cc2ccccc2c(O)c1O. The molecule has 3 heteroatoms. The second-order valence-corrected chi connectivity index (χ2v) is 3.09. The Balaban J connectivity index is 2.85. The van der Waals surface area contributed by atoms with Crippen LogP contribution in [-0.2, 0) is 0 Å². The van der Waals surface area contributed by atoms with Crippen LogP contribution in [-0.4, -0.2) is 17.3 Å². The van der Waals surface area contributed by atoms with Crippen molar-refractivity contribution in [1.82, 2.24) is 0 Å². The molecule has 0 heterocycles. The second-order valence-electron chi connectivity index (χ2n) is 3.09. The van der Waals surface area contributed by atoms with Crippen molar-refractivity contribution in [2.24, 2.45) is 0 Å². The van der Waals surface area contributed by atoms with Crippen LogP contribution in [0.25, 0.3) is 10.8 Å². The number of aromatic hydroxyl groups is 2. The highest BCUT2D eigenvalue weighted by Crippen LogP contribution is 2.39. The molecule has 0 saturated heterocycles. The van der Waals surface area contributed by atoms with Crippen molar-refractivity contribution in [1.29, 1.82) is 0 Å². The van der Waals surface area contributed by atoms with Crippen LogP contribution in [0.1, 0.15) is 0 Å². The van der Waals surface area contributed by atoms with Gasteiger partial charge in [0.15, 0.2) is 11.5 Å². The van der Waals surface area contributed by atoms with Crippen molar-refractivity contribution in [3.63, 3.8) is 0 Å². The third kappa shape index (κ3) is 1.14. The normalized spacial score (nSPS) is 10.4. The Labute approximate surface area is 81.6 Å². The zero-order valence-electron chi connectivity index (χ0n) is 7.78. The minimum atomic E-state index is -0.105. The predicted octanol–water partition coefficient (Wildman–Crippen LogP) is 2.29. The molecule has 72 valence electrons. The average molecular weight is 189 g/mol. The fourth-order valence-electron chi connectivity index (χ4n) is 1.51. The van der Waals surface area contributed by atoms with E-state index in [9.17, 15) is 10.2 Å². The van der Waals surface area contributed by atoms with E-state index in [-0.39, 0.29) is 11.5 Å². The van der Waals surface area contributed by atoms with Gasteiger partial charge in [-0.15, -0.1) is 0 Å². The number of nitrogens with one attached hydrogen (secondary N) is 1. The molecule has 0 unspecified atom stereocenters. The van der Waals surface area contributed by atoms with Crippen LogP contribution in [0.15, 0.2) is 30.3 Å². The summed E-state index contributed by atoms with van der Waals surface area (Å²) in [7, 11) is 1.70. The molecule has 0 aliphatic carbocycles. The lowest BCUT2D eigenvalue weighted by atomic mass is 10.1. The van der Waals surface area contributed by atoms with Gasteiger partial charge in [0.25, 0.3) is 0 Å². The Morgan fingerprint density at radius 1 is 1.07 bits per heavy atom. The summed E-state index contributed by atoms with van der Waals surface area (Å²) in [6.07, 6.45) is 0. The first-order chi connectivity index (χ1) is 6.74. The topological polar surface area (TPSA) is 52.5 Å². The van der Waals surface area contributed by atoms with Crippen LogP contribution < -0.4 is 5.32 Å². The maximum Gasteiger partial charge on any atom is 0.181 e. The fourth-order valence-corrected chi connectivity index (χ4v) is 1.51. The fraction of sp³-hybridized carbons (Fsp3) is 0.0909. The van der Waals surface area contributed by atoms with Gasteiger partial charge in [-0.25, -0.2) is 0 Å². The van der Waals surface area contributed by atoms with E-state index < -0.39 is 0 Å². The molecule has 0 amide bonds. The third-order valence-electron chi connectivity index (χ3n) is 2.26. The van der Waals surface area contributed by atoms with E-state index in [0.717, 1.165) is 5.39 Å². The Kier molecular flexibility index (Phi) is 1.93. The molecular weight excluding hydrogens is 178 g/mol. The van der Waals surface area contributed by atoms with Crippen molar-refractivity contribution >= 4 is 16.5 Å². The summed E-state index contributed by atoms with van der Waals surface area (Å²) in [6.45, 7) is 0. The van der Waals surface area contributed by atoms with E-state index in [1.807, 2.05) is 18.2 Å². The number of phenolic OH excluding ortho intramolecular Hbond substituents is 2. The lowest BCUT2D eigenvalue weighted by Gasteiger charge is -2.08. The lowest BCUT2D eigenvalue weighted by Crippen LogP contribution is -1.89. The summed E-state index contributed by atoms with van der Waals surface area (Å²) in [5.41, 5.74) is 0.529. The highest BCUT2D eigenvalue weighted by Gasteiger charge is 2.09. The summed E-state index contributed by atoms with van der Waals surface area (Å²) >= 11 is 0. The smallest absolute Gasteiger partial charge is 0.181 e. The minimum Gasteiger partial charge on any atom is -0.504 e. The van der Waals surface area contributed by atoms with Gasteiger partial charge in [-0.1, -0.05) is 24.3 Å². The highest BCUT2D eigenvalue weighted by atomic mass is 16.3. The molecule has 2 aromatic rings. The molecular formula is C11H11NO2. The van der Waals surface area contributed by atoms with E-state index in [4.69, 9.17) is 0 Å². The molecule has 0 saturated carbocycles. The van der Waals surface area contributed by atoms with Gasteiger partial charge in [-0.2, -0.15) is 0 Å². The Hall–Kier alpha value is -1.90. The molecule has 0 atom stereocenters. The van der Waals surface area contributed by atoms with Gasteiger partial charge in [0.05, 0.1) is 5.69 Å². The molecule has 3 nitrogen and oxygen atoms in total. The number of fused-ring (bicyclic) bond motifs is 1. The molecule has 14 heavy (non-hydrogen) atoms. The summed E-state index contributed by atoms with van der Waals surface area (Å²) in [5, 5.41) is 23.6. The monoisotopic (exact) mass is 189 g/mol. The molecule has 3 N–H and O–H groups in total. The van der Waals surface area contributed by atoms with E-state index in [2.05, 4.69) is 5.32 Å². The molecule has 0 aromatic heterocycles. The zero-order valence-corrected chi connectivity index (χ0v) is 7.78. The van der Waals surface area contributed by atoms with Crippen molar-refractivity contribution in [2.45, 2.75) is 0 Å². The summed E-state index contributed by atoms with van der Waals surface area (Å²) in [5.74, 6) is -0.182. The van der Waals surface area contributed by atoms with Gasteiger partial charge in [0, 0.05) is 12.4 Å². The van der Waals surface area contributed by atoms with Crippen molar-refractivity contribution in [2.75, 3.05) is 12.4 Å². The van der Waals surface area contributed by atoms with Crippen LogP contribution >= 0.6 is 0 Å². The van der Waals surface area contributed by atoms with Crippen LogP contribution in [0.5, 0.6) is 11.5 Å². The molecule has 0 radical (unpaired) electrons. The van der Waals surface area contributed by atoms with Crippen LogP contribution in [0.4, 0.5) is 5.69 Å². The maximum absolute atomic E-state index is 9.68. The van der Waals surface area contributed by atoms with E-state index in [1.165, 1.54) is 0 Å².